The van der Waals surface area contributed by atoms with E-state index < -0.39 is 0 Å². The number of carbonyl (C=O) groups excluding carboxylic acids is 1. The maximum Gasteiger partial charge on any atom is 0.338 e. The van der Waals surface area contributed by atoms with E-state index in [4.69, 9.17) is 4.74 Å². The quantitative estimate of drug-likeness (QED) is 0.189. The standard InChI is InChI=1S/C24H38O3/c1-2-3-4-5-6-7-8-9-10-11-12-13-14-15-16-21-27-24(26)22-17-19-23(25)20-18-22/h13-14,17-20,25H,2-12,15-16,21H2,1H3/b14-13+. The Morgan fingerprint density at radius 3 is 1.93 bits per heavy atom. The van der Waals surface area contributed by atoms with E-state index in [1.54, 1.807) is 12.1 Å². The molecule has 27 heavy (non-hydrogen) atoms. The topological polar surface area (TPSA) is 46.5 Å². The minimum absolute atomic E-state index is 0.152. The zero-order valence-electron chi connectivity index (χ0n) is 17.1. The number of benzene rings is 1. The normalized spacial score (nSPS) is 11.1. The highest BCUT2D eigenvalue weighted by atomic mass is 16.5. The lowest BCUT2D eigenvalue weighted by Gasteiger charge is -2.03. The Balaban J connectivity index is 1.86. The lowest BCUT2D eigenvalue weighted by molar-refractivity contribution is 0.0501. The number of ether oxygens (including phenoxy) is 1. The molecule has 3 heteroatoms. The summed E-state index contributed by atoms with van der Waals surface area (Å²) in [6, 6.07) is 6.13. The summed E-state index contributed by atoms with van der Waals surface area (Å²) in [6.45, 7) is 2.70. The molecule has 0 amide bonds. The molecule has 0 saturated carbocycles. The number of rotatable bonds is 16. The fraction of sp³-hybridized carbons (Fsp3) is 0.625. The van der Waals surface area contributed by atoms with E-state index in [-0.39, 0.29) is 11.7 Å². The summed E-state index contributed by atoms with van der Waals surface area (Å²) in [5.41, 5.74) is 0.476. The summed E-state index contributed by atoms with van der Waals surface area (Å²) in [7, 11) is 0. The molecule has 0 aliphatic rings. The number of hydrogen-bond donors (Lipinski definition) is 1. The molecule has 1 N–H and O–H groups in total. The van der Waals surface area contributed by atoms with Gasteiger partial charge in [-0.1, -0.05) is 76.9 Å². The summed E-state index contributed by atoms with van der Waals surface area (Å²) in [4.78, 5) is 11.8. The Morgan fingerprint density at radius 2 is 1.33 bits per heavy atom. The molecule has 0 heterocycles. The Hall–Kier alpha value is -1.77. The molecule has 1 rings (SSSR count). The first-order chi connectivity index (χ1) is 13.2. The number of esters is 1. The molecule has 3 nitrogen and oxygen atoms in total. The average Bonchev–Trinajstić information content (AvgIpc) is 2.68. The molecule has 0 aliphatic carbocycles. The van der Waals surface area contributed by atoms with Gasteiger partial charge in [0.25, 0.3) is 0 Å². The van der Waals surface area contributed by atoms with Gasteiger partial charge in [-0.25, -0.2) is 4.79 Å². The highest BCUT2D eigenvalue weighted by Gasteiger charge is 2.05. The van der Waals surface area contributed by atoms with Crippen LogP contribution in [0.3, 0.4) is 0 Å². The largest absolute Gasteiger partial charge is 0.508 e. The van der Waals surface area contributed by atoms with Gasteiger partial charge in [0.15, 0.2) is 0 Å². The summed E-state index contributed by atoms with van der Waals surface area (Å²) >= 11 is 0. The van der Waals surface area contributed by atoms with Crippen LogP contribution in [0.1, 0.15) is 101 Å². The van der Waals surface area contributed by atoms with E-state index in [2.05, 4.69) is 19.1 Å². The van der Waals surface area contributed by atoms with Crippen molar-refractivity contribution < 1.29 is 14.6 Å². The maximum absolute atomic E-state index is 11.8. The van der Waals surface area contributed by atoms with Crippen LogP contribution in [0.15, 0.2) is 36.4 Å². The molecular formula is C24H38O3. The maximum atomic E-state index is 11.8. The molecule has 0 saturated heterocycles. The van der Waals surface area contributed by atoms with Crippen molar-refractivity contribution in [1.29, 1.82) is 0 Å². The van der Waals surface area contributed by atoms with Crippen LogP contribution in [0.5, 0.6) is 5.75 Å². The van der Waals surface area contributed by atoms with Crippen molar-refractivity contribution in [3.8, 4) is 5.75 Å². The van der Waals surface area contributed by atoms with Crippen molar-refractivity contribution in [1.82, 2.24) is 0 Å². The molecule has 1 aromatic rings. The van der Waals surface area contributed by atoms with E-state index >= 15 is 0 Å². The average molecular weight is 375 g/mol. The van der Waals surface area contributed by atoms with E-state index in [1.807, 2.05) is 0 Å². The SMILES string of the molecule is CCCCCCCCCCCC/C=C/CCCOC(=O)c1ccc(O)cc1. The second kappa shape index (κ2) is 16.4. The molecule has 0 aliphatic heterocycles. The van der Waals surface area contributed by atoms with Crippen LogP contribution < -0.4 is 0 Å². The van der Waals surface area contributed by atoms with E-state index in [0.717, 1.165) is 19.3 Å². The summed E-state index contributed by atoms with van der Waals surface area (Å²) in [5.74, 6) is -0.177. The Kier molecular flexibility index (Phi) is 14.1. The number of aromatic hydroxyl groups is 1. The number of allylic oxidation sites excluding steroid dienone is 2. The molecule has 0 unspecified atom stereocenters. The van der Waals surface area contributed by atoms with Crippen LogP contribution in [-0.4, -0.2) is 17.7 Å². The van der Waals surface area contributed by atoms with Crippen LogP contribution in [-0.2, 0) is 4.74 Å². The lowest BCUT2D eigenvalue weighted by atomic mass is 10.1. The third kappa shape index (κ3) is 13.1. The van der Waals surface area contributed by atoms with Crippen molar-refractivity contribution in [3.63, 3.8) is 0 Å². The fourth-order valence-corrected chi connectivity index (χ4v) is 3.03. The van der Waals surface area contributed by atoms with Crippen LogP contribution in [0, 0.1) is 0 Å². The molecule has 0 bridgehead atoms. The molecule has 0 fully saturated rings. The van der Waals surface area contributed by atoms with Crippen molar-refractivity contribution >= 4 is 5.97 Å². The third-order valence-corrected chi connectivity index (χ3v) is 4.74. The molecular weight excluding hydrogens is 336 g/mol. The number of phenols is 1. The van der Waals surface area contributed by atoms with Gasteiger partial charge in [-0.2, -0.15) is 0 Å². The molecule has 0 spiro atoms. The van der Waals surface area contributed by atoms with Crippen LogP contribution in [0.4, 0.5) is 0 Å². The lowest BCUT2D eigenvalue weighted by Crippen LogP contribution is -2.05. The van der Waals surface area contributed by atoms with Gasteiger partial charge in [0.1, 0.15) is 5.75 Å². The van der Waals surface area contributed by atoms with Gasteiger partial charge in [0.05, 0.1) is 12.2 Å². The first-order valence-corrected chi connectivity index (χ1v) is 10.8. The van der Waals surface area contributed by atoms with Gasteiger partial charge < -0.3 is 9.84 Å². The summed E-state index contributed by atoms with van der Waals surface area (Å²) in [5, 5.41) is 9.20. The van der Waals surface area contributed by atoms with Gasteiger partial charge in [0, 0.05) is 0 Å². The number of hydrogen-bond acceptors (Lipinski definition) is 3. The van der Waals surface area contributed by atoms with Gasteiger partial charge in [-0.3, -0.25) is 0 Å². The van der Waals surface area contributed by atoms with Crippen LogP contribution in [0.2, 0.25) is 0 Å². The number of unbranched alkanes of at least 4 members (excludes halogenated alkanes) is 11. The molecule has 152 valence electrons. The van der Waals surface area contributed by atoms with Crippen LogP contribution in [0.25, 0.3) is 0 Å². The van der Waals surface area contributed by atoms with Gasteiger partial charge in [-0.05, 0) is 49.9 Å². The van der Waals surface area contributed by atoms with Gasteiger partial charge in [0.2, 0.25) is 0 Å². The minimum atomic E-state index is -0.329. The zero-order valence-corrected chi connectivity index (χ0v) is 17.1. The Labute approximate surface area is 165 Å². The third-order valence-electron chi connectivity index (χ3n) is 4.74. The second-order valence-corrected chi connectivity index (χ2v) is 7.27. The number of carbonyl (C=O) groups is 1. The molecule has 1 aromatic carbocycles. The molecule has 0 aromatic heterocycles. The number of phenolic OH excluding ortho intramolecular Hbond substituents is 1. The van der Waals surface area contributed by atoms with Crippen molar-refractivity contribution in [3.05, 3.63) is 42.0 Å². The highest BCUT2D eigenvalue weighted by Crippen LogP contribution is 2.12. The van der Waals surface area contributed by atoms with Crippen LogP contribution >= 0.6 is 0 Å². The fourth-order valence-electron chi connectivity index (χ4n) is 3.03. The molecule has 0 radical (unpaired) electrons. The van der Waals surface area contributed by atoms with E-state index in [9.17, 15) is 9.90 Å². The van der Waals surface area contributed by atoms with Crippen molar-refractivity contribution in [2.75, 3.05) is 6.61 Å². The zero-order chi connectivity index (χ0) is 19.6. The summed E-state index contributed by atoms with van der Waals surface area (Å²) < 4.78 is 5.23. The monoisotopic (exact) mass is 374 g/mol. The second-order valence-electron chi connectivity index (χ2n) is 7.27. The van der Waals surface area contributed by atoms with Gasteiger partial charge in [-0.15, -0.1) is 0 Å². The van der Waals surface area contributed by atoms with E-state index in [1.165, 1.54) is 76.3 Å². The predicted octanol–water partition coefficient (Wildman–Crippen LogP) is 7.20. The van der Waals surface area contributed by atoms with E-state index in [0.29, 0.717) is 12.2 Å². The minimum Gasteiger partial charge on any atom is -0.508 e. The summed E-state index contributed by atoms with van der Waals surface area (Å²) in [6.07, 6.45) is 21.2. The predicted molar refractivity (Wildman–Crippen MR) is 113 cm³/mol. The molecule has 0 atom stereocenters. The van der Waals surface area contributed by atoms with Gasteiger partial charge >= 0.3 is 5.97 Å². The first-order valence-electron chi connectivity index (χ1n) is 10.8. The highest BCUT2D eigenvalue weighted by molar-refractivity contribution is 5.89. The van der Waals surface area contributed by atoms with Crippen molar-refractivity contribution in [2.24, 2.45) is 0 Å². The first kappa shape index (κ1) is 23.3. The van der Waals surface area contributed by atoms with Crippen molar-refractivity contribution in [2.45, 2.75) is 90.4 Å². The smallest absolute Gasteiger partial charge is 0.338 e. The Morgan fingerprint density at radius 1 is 0.815 bits per heavy atom. The Bertz CT molecular complexity index is 505.